The van der Waals surface area contributed by atoms with Crippen molar-refractivity contribution in [3.8, 4) is 11.5 Å². The summed E-state index contributed by atoms with van der Waals surface area (Å²) in [7, 11) is 1.52. The van der Waals surface area contributed by atoms with Crippen LogP contribution in [0.25, 0.3) is 10.9 Å². The number of amides is 1. The first-order valence-electron chi connectivity index (χ1n) is 8.45. The fraction of sp³-hybridized carbons (Fsp3) is 0.200. The number of halogens is 2. The summed E-state index contributed by atoms with van der Waals surface area (Å²) in [5, 5.41) is 13.0. The van der Waals surface area contributed by atoms with Gasteiger partial charge in [-0.15, -0.1) is 0 Å². The van der Waals surface area contributed by atoms with Crippen LogP contribution in [0.3, 0.4) is 0 Å². The number of ether oxygens (including phenoxy) is 1. The molecule has 0 atom stereocenters. The lowest BCUT2D eigenvalue weighted by Crippen LogP contribution is -2.20. The van der Waals surface area contributed by atoms with Crippen LogP contribution in [-0.4, -0.2) is 35.1 Å². The smallest absolute Gasteiger partial charge is 0.387 e. The Morgan fingerprint density at radius 3 is 2.46 bits per heavy atom. The number of likely N-dealkylation sites (N-methyl/N-ethyl adjacent to an activating group) is 1. The van der Waals surface area contributed by atoms with E-state index in [0.717, 1.165) is 0 Å². The molecule has 3 rings (SSSR count). The molecule has 0 bridgehead atoms. The SMILES string of the molecule is CNC(=O)Cc1c(C)n(C(=O)c2ccc(OC(F)F)cc2)c2ccc(O)cc12. The molecule has 1 aromatic heterocycles. The van der Waals surface area contributed by atoms with Crippen molar-refractivity contribution >= 4 is 22.7 Å². The Hall–Kier alpha value is -3.42. The number of benzene rings is 2. The lowest BCUT2D eigenvalue weighted by Gasteiger charge is -2.09. The third-order valence-electron chi connectivity index (χ3n) is 4.46. The summed E-state index contributed by atoms with van der Waals surface area (Å²) in [6.45, 7) is -1.24. The average molecular weight is 388 g/mol. The number of nitrogens with zero attached hydrogens (tertiary/aromatic N) is 1. The standard InChI is InChI=1S/C20H18F2N2O4/c1-11-15(10-18(26)23-2)16-9-13(25)5-8-17(16)24(11)19(27)12-3-6-14(7-4-12)28-20(21)22/h3-9,20,25H,10H2,1-2H3,(H,23,26). The zero-order valence-electron chi connectivity index (χ0n) is 15.2. The van der Waals surface area contributed by atoms with E-state index in [9.17, 15) is 23.5 Å². The summed E-state index contributed by atoms with van der Waals surface area (Å²) in [6, 6.07) is 9.92. The molecule has 0 fully saturated rings. The van der Waals surface area contributed by atoms with E-state index in [4.69, 9.17) is 0 Å². The van der Waals surface area contributed by atoms with Crippen molar-refractivity contribution in [3.05, 3.63) is 59.3 Å². The number of phenols is 1. The molecular weight excluding hydrogens is 370 g/mol. The van der Waals surface area contributed by atoms with Crippen molar-refractivity contribution in [1.82, 2.24) is 9.88 Å². The maximum absolute atomic E-state index is 13.1. The van der Waals surface area contributed by atoms with Gasteiger partial charge in [0, 0.05) is 23.7 Å². The quantitative estimate of drug-likeness (QED) is 0.703. The Kier molecular flexibility index (Phi) is 5.30. The summed E-state index contributed by atoms with van der Waals surface area (Å²) in [5.74, 6) is -0.652. The first-order valence-corrected chi connectivity index (χ1v) is 8.45. The highest BCUT2D eigenvalue weighted by Crippen LogP contribution is 2.30. The molecule has 0 spiro atoms. The Morgan fingerprint density at radius 2 is 1.86 bits per heavy atom. The summed E-state index contributed by atoms with van der Waals surface area (Å²) < 4.78 is 30.3. The minimum Gasteiger partial charge on any atom is -0.508 e. The predicted molar refractivity (Wildman–Crippen MR) is 98.9 cm³/mol. The van der Waals surface area contributed by atoms with Gasteiger partial charge in [0.15, 0.2) is 0 Å². The molecular formula is C20H18F2N2O4. The molecule has 8 heteroatoms. The minimum absolute atomic E-state index is 0.0174. The third-order valence-corrected chi connectivity index (χ3v) is 4.46. The van der Waals surface area contributed by atoms with Crippen LogP contribution in [0.2, 0.25) is 0 Å². The Bertz CT molecular complexity index is 1040. The lowest BCUT2D eigenvalue weighted by molar-refractivity contribution is -0.119. The molecule has 3 aromatic rings. The van der Waals surface area contributed by atoms with Gasteiger partial charge in [-0.2, -0.15) is 8.78 Å². The van der Waals surface area contributed by atoms with Crippen LogP contribution >= 0.6 is 0 Å². The van der Waals surface area contributed by atoms with E-state index in [1.807, 2.05) is 0 Å². The van der Waals surface area contributed by atoms with Crippen LogP contribution < -0.4 is 10.1 Å². The maximum atomic E-state index is 13.1. The molecule has 0 saturated carbocycles. The molecule has 0 saturated heterocycles. The van der Waals surface area contributed by atoms with E-state index in [2.05, 4.69) is 10.1 Å². The molecule has 6 nitrogen and oxygen atoms in total. The number of carbonyl (C=O) groups excluding carboxylic acids is 2. The van der Waals surface area contributed by atoms with Crippen molar-refractivity contribution in [2.24, 2.45) is 0 Å². The molecule has 0 aliphatic carbocycles. The summed E-state index contributed by atoms with van der Waals surface area (Å²) in [6.07, 6.45) is 0.0454. The maximum Gasteiger partial charge on any atom is 0.387 e. The van der Waals surface area contributed by atoms with E-state index in [-0.39, 0.29) is 35.3 Å². The van der Waals surface area contributed by atoms with E-state index in [1.54, 1.807) is 13.0 Å². The number of alkyl halides is 2. The zero-order valence-corrected chi connectivity index (χ0v) is 15.2. The van der Waals surface area contributed by atoms with Gasteiger partial charge in [0.1, 0.15) is 11.5 Å². The molecule has 1 heterocycles. The molecule has 0 radical (unpaired) electrons. The third kappa shape index (κ3) is 3.66. The van der Waals surface area contributed by atoms with E-state index < -0.39 is 6.61 Å². The van der Waals surface area contributed by atoms with Crippen molar-refractivity contribution in [3.63, 3.8) is 0 Å². The van der Waals surface area contributed by atoms with Crippen LogP contribution in [0.5, 0.6) is 11.5 Å². The molecule has 2 aromatic carbocycles. The predicted octanol–water partition coefficient (Wildman–Crippen LogP) is 3.23. The van der Waals surface area contributed by atoms with Crippen molar-refractivity contribution in [2.45, 2.75) is 20.0 Å². The molecule has 0 aliphatic rings. The summed E-state index contributed by atoms with van der Waals surface area (Å²) >= 11 is 0. The number of aromatic hydroxyl groups is 1. The highest BCUT2D eigenvalue weighted by molar-refractivity contribution is 6.05. The number of rotatable bonds is 5. The largest absolute Gasteiger partial charge is 0.508 e. The van der Waals surface area contributed by atoms with Gasteiger partial charge in [0.2, 0.25) is 5.91 Å². The van der Waals surface area contributed by atoms with Gasteiger partial charge in [-0.3, -0.25) is 14.2 Å². The molecule has 0 unspecified atom stereocenters. The minimum atomic E-state index is -2.95. The van der Waals surface area contributed by atoms with Crippen molar-refractivity contribution in [1.29, 1.82) is 0 Å². The van der Waals surface area contributed by atoms with Gasteiger partial charge in [0.25, 0.3) is 5.91 Å². The van der Waals surface area contributed by atoms with Gasteiger partial charge in [-0.1, -0.05) is 0 Å². The Balaban J connectivity index is 2.08. The number of aromatic nitrogens is 1. The van der Waals surface area contributed by atoms with Gasteiger partial charge in [-0.05, 0) is 55.0 Å². The molecule has 1 amide bonds. The second-order valence-electron chi connectivity index (χ2n) is 6.16. The highest BCUT2D eigenvalue weighted by Gasteiger charge is 2.21. The van der Waals surface area contributed by atoms with Crippen LogP contribution in [0.4, 0.5) is 8.78 Å². The number of nitrogens with one attached hydrogen (secondary N) is 1. The lowest BCUT2D eigenvalue weighted by atomic mass is 10.1. The Morgan fingerprint density at radius 1 is 1.18 bits per heavy atom. The average Bonchev–Trinajstić information content (AvgIpc) is 2.92. The van der Waals surface area contributed by atoms with E-state index in [0.29, 0.717) is 22.2 Å². The normalized spacial score (nSPS) is 11.0. The van der Waals surface area contributed by atoms with Crippen LogP contribution in [0, 0.1) is 6.92 Å². The molecule has 146 valence electrons. The fourth-order valence-corrected chi connectivity index (χ4v) is 3.11. The van der Waals surface area contributed by atoms with E-state index in [1.165, 1.54) is 48.0 Å². The number of carbonyl (C=O) groups is 2. The second kappa shape index (κ2) is 7.67. The number of phenolic OH excluding ortho intramolecular Hbond substituents is 1. The monoisotopic (exact) mass is 388 g/mol. The van der Waals surface area contributed by atoms with Gasteiger partial charge in [0.05, 0.1) is 11.9 Å². The zero-order chi connectivity index (χ0) is 20.4. The highest BCUT2D eigenvalue weighted by atomic mass is 19.3. The van der Waals surface area contributed by atoms with Gasteiger partial charge < -0.3 is 15.2 Å². The second-order valence-corrected chi connectivity index (χ2v) is 6.16. The number of hydrogen-bond acceptors (Lipinski definition) is 4. The first-order chi connectivity index (χ1) is 13.3. The van der Waals surface area contributed by atoms with E-state index >= 15 is 0 Å². The molecule has 0 aliphatic heterocycles. The van der Waals surface area contributed by atoms with Gasteiger partial charge >= 0.3 is 6.61 Å². The summed E-state index contributed by atoms with van der Waals surface area (Å²) in [4.78, 5) is 25.0. The number of hydrogen-bond donors (Lipinski definition) is 2. The first kappa shape index (κ1) is 19.3. The van der Waals surface area contributed by atoms with Crippen LogP contribution in [-0.2, 0) is 11.2 Å². The van der Waals surface area contributed by atoms with Gasteiger partial charge in [-0.25, -0.2) is 0 Å². The Labute approximate surface area is 159 Å². The van der Waals surface area contributed by atoms with Crippen molar-refractivity contribution < 1.29 is 28.2 Å². The number of fused-ring (bicyclic) bond motifs is 1. The summed E-state index contributed by atoms with van der Waals surface area (Å²) in [5.41, 5.74) is 1.98. The van der Waals surface area contributed by atoms with Crippen LogP contribution in [0.1, 0.15) is 21.6 Å². The molecule has 2 N–H and O–H groups in total. The van der Waals surface area contributed by atoms with Crippen molar-refractivity contribution in [2.75, 3.05) is 7.05 Å². The molecule has 28 heavy (non-hydrogen) atoms. The van der Waals surface area contributed by atoms with Crippen LogP contribution in [0.15, 0.2) is 42.5 Å². The fourth-order valence-electron chi connectivity index (χ4n) is 3.11. The topological polar surface area (TPSA) is 80.6 Å².